The maximum Gasteiger partial charge on any atom is 0.0547 e. The van der Waals surface area contributed by atoms with Gasteiger partial charge in [-0.2, -0.15) is 0 Å². The van der Waals surface area contributed by atoms with Crippen LogP contribution >= 0.6 is 0 Å². The molecule has 1 fully saturated rings. The second kappa shape index (κ2) is 12.6. The number of rotatable bonds is 0. The highest BCUT2D eigenvalue weighted by Crippen LogP contribution is 2.10. The summed E-state index contributed by atoms with van der Waals surface area (Å²) in [7, 11) is 1.00. The minimum absolute atomic E-state index is 0.536. The van der Waals surface area contributed by atoms with Crippen molar-refractivity contribution in [3.05, 3.63) is 0 Å². The third-order valence-electron chi connectivity index (χ3n) is 1.41. The fourth-order valence-corrected chi connectivity index (χ4v) is 0.902. The van der Waals surface area contributed by atoms with Gasteiger partial charge in [-0.15, -0.1) is 0 Å². The van der Waals surface area contributed by atoms with E-state index in [4.69, 9.17) is 9.84 Å². The predicted molar refractivity (Wildman–Crippen MR) is 48.8 cm³/mol. The Morgan fingerprint density at radius 2 is 1.73 bits per heavy atom. The Bertz CT molecular complexity index is 49.5. The molecule has 0 radical (unpaired) electrons. The highest BCUT2D eigenvalue weighted by Gasteiger charge is 2.05. The zero-order valence-corrected chi connectivity index (χ0v) is 8.26. The van der Waals surface area contributed by atoms with Gasteiger partial charge in [0.1, 0.15) is 0 Å². The molecule has 0 saturated carbocycles. The van der Waals surface area contributed by atoms with Crippen LogP contribution in [0.4, 0.5) is 0 Å². The van der Waals surface area contributed by atoms with Gasteiger partial charge in [0, 0.05) is 13.7 Å². The fraction of sp³-hybridized carbons (Fsp3) is 1.00. The molecule has 2 heteroatoms. The van der Waals surface area contributed by atoms with Crippen molar-refractivity contribution in [2.45, 2.75) is 46.1 Å². The van der Waals surface area contributed by atoms with Crippen LogP contribution in [-0.4, -0.2) is 24.9 Å². The van der Waals surface area contributed by atoms with Crippen LogP contribution in [0.1, 0.15) is 40.0 Å². The summed E-state index contributed by atoms with van der Waals surface area (Å²) in [6, 6.07) is 0. The average molecular weight is 162 g/mol. The molecule has 1 rings (SSSR count). The lowest BCUT2D eigenvalue weighted by atomic mass is 10.1. The van der Waals surface area contributed by atoms with Gasteiger partial charge in [0.15, 0.2) is 0 Å². The van der Waals surface area contributed by atoms with E-state index in [1.165, 1.54) is 19.3 Å². The van der Waals surface area contributed by atoms with Crippen LogP contribution in [0.5, 0.6) is 0 Å². The molecule has 0 bridgehead atoms. The lowest BCUT2D eigenvalue weighted by Gasteiger charge is -2.17. The summed E-state index contributed by atoms with van der Waals surface area (Å²) in [6.07, 6.45) is 4.43. The number of ether oxygens (including phenoxy) is 1. The predicted octanol–water partition coefficient (Wildman–Crippen LogP) is 2.21. The topological polar surface area (TPSA) is 29.5 Å². The molecule has 0 aromatic heterocycles. The second-order valence-electron chi connectivity index (χ2n) is 2.18. The summed E-state index contributed by atoms with van der Waals surface area (Å²) in [4.78, 5) is 0. The van der Waals surface area contributed by atoms with Crippen molar-refractivity contribution in [1.82, 2.24) is 0 Å². The van der Waals surface area contributed by atoms with E-state index in [9.17, 15) is 0 Å². The smallest absolute Gasteiger partial charge is 0.0547 e. The molecule has 1 N–H and O–H groups in total. The van der Waals surface area contributed by atoms with Crippen molar-refractivity contribution in [3.63, 3.8) is 0 Å². The zero-order valence-electron chi connectivity index (χ0n) is 8.26. The summed E-state index contributed by atoms with van der Waals surface area (Å²) in [6.45, 7) is 7.13. The molecule has 1 atom stereocenters. The number of aliphatic hydroxyl groups is 1. The quantitative estimate of drug-likeness (QED) is 0.591. The minimum Gasteiger partial charge on any atom is -0.400 e. The van der Waals surface area contributed by atoms with Gasteiger partial charge in [0.25, 0.3) is 0 Å². The third-order valence-corrected chi connectivity index (χ3v) is 1.41. The van der Waals surface area contributed by atoms with Crippen molar-refractivity contribution < 1.29 is 9.84 Å². The molecule has 11 heavy (non-hydrogen) atoms. The van der Waals surface area contributed by atoms with Gasteiger partial charge in [-0.05, 0) is 26.2 Å². The van der Waals surface area contributed by atoms with Crippen LogP contribution in [0.15, 0.2) is 0 Å². The molecule has 70 valence electrons. The van der Waals surface area contributed by atoms with Gasteiger partial charge in [-0.1, -0.05) is 13.8 Å². The number of hydrogen-bond donors (Lipinski definition) is 1. The fourth-order valence-electron chi connectivity index (χ4n) is 0.902. The summed E-state index contributed by atoms with van der Waals surface area (Å²) >= 11 is 0. The average Bonchev–Trinajstić information content (AvgIpc) is 2.13. The van der Waals surface area contributed by atoms with Crippen molar-refractivity contribution in [2.24, 2.45) is 0 Å². The van der Waals surface area contributed by atoms with E-state index in [-0.39, 0.29) is 0 Å². The minimum atomic E-state index is 0.536. The zero-order chi connectivity index (χ0) is 9.11. The first-order valence-electron chi connectivity index (χ1n) is 4.46. The van der Waals surface area contributed by atoms with Gasteiger partial charge in [0.2, 0.25) is 0 Å². The maximum absolute atomic E-state index is 7.00. The highest BCUT2D eigenvalue weighted by molar-refractivity contribution is 4.55. The van der Waals surface area contributed by atoms with Gasteiger partial charge >= 0.3 is 0 Å². The Hall–Kier alpha value is -0.0800. The molecule has 1 heterocycles. The first-order valence-corrected chi connectivity index (χ1v) is 4.46. The Kier molecular flexibility index (Phi) is 15.4. The van der Waals surface area contributed by atoms with Crippen molar-refractivity contribution in [3.8, 4) is 0 Å². The van der Waals surface area contributed by atoms with E-state index in [1.54, 1.807) is 0 Å². The van der Waals surface area contributed by atoms with Crippen LogP contribution in [0, 0.1) is 0 Å². The molecule has 2 nitrogen and oxygen atoms in total. The molecule has 0 aromatic carbocycles. The molecular weight excluding hydrogens is 140 g/mol. The van der Waals surface area contributed by atoms with E-state index in [1.807, 2.05) is 13.8 Å². The van der Waals surface area contributed by atoms with E-state index >= 15 is 0 Å². The van der Waals surface area contributed by atoms with Crippen molar-refractivity contribution in [2.75, 3.05) is 13.7 Å². The van der Waals surface area contributed by atoms with Crippen LogP contribution < -0.4 is 0 Å². The molecule has 0 unspecified atom stereocenters. The summed E-state index contributed by atoms with van der Waals surface area (Å²) in [5.41, 5.74) is 0. The Morgan fingerprint density at radius 1 is 1.18 bits per heavy atom. The first-order chi connectivity index (χ1) is 5.39. The SMILES string of the molecule is CC.CO.C[C@H]1CCCCO1. The maximum atomic E-state index is 7.00. The van der Waals surface area contributed by atoms with Crippen molar-refractivity contribution >= 4 is 0 Å². The van der Waals surface area contributed by atoms with Crippen LogP contribution in [-0.2, 0) is 4.74 Å². The lowest BCUT2D eigenvalue weighted by Crippen LogP contribution is -2.14. The normalized spacial score (nSPS) is 22.1. The molecular formula is C9H22O2. The summed E-state index contributed by atoms with van der Waals surface area (Å²) in [5.74, 6) is 0. The summed E-state index contributed by atoms with van der Waals surface area (Å²) < 4.78 is 5.28. The first kappa shape index (κ1) is 13.5. The van der Waals surface area contributed by atoms with Crippen LogP contribution in [0.3, 0.4) is 0 Å². The molecule has 0 spiro atoms. The van der Waals surface area contributed by atoms with Gasteiger partial charge < -0.3 is 9.84 Å². The second-order valence-corrected chi connectivity index (χ2v) is 2.18. The Morgan fingerprint density at radius 3 is 1.91 bits per heavy atom. The van der Waals surface area contributed by atoms with Gasteiger partial charge in [-0.25, -0.2) is 0 Å². The number of hydrogen-bond acceptors (Lipinski definition) is 2. The largest absolute Gasteiger partial charge is 0.400 e. The molecule has 0 amide bonds. The third kappa shape index (κ3) is 9.92. The van der Waals surface area contributed by atoms with Crippen LogP contribution in [0.2, 0.25) is 0 Å². The number of aliphatic hydroxyl groups excluding tert-OH is 1. The van der Waals surface area contributed by atoms with Crippen LogP contribution in [0.25, 0.3) is 0 Å². The van der Waals surface area contributed by atoms with Gasteiger partial charge in [0.05, 0.1) is 6.10 Å². The molecule has 1 aliphatic heterocycles. The standard InChI is InChI=1S/C6H12O.C2H6.CH4O/c1-6-4-2-3-5-7-6;2*1-2/h6H,2-5H2,1H3;1-2H3;2H,1H3/t6-;;/m0../s1. The molecule has 1 aliphatic rings. The molecule has 1 saturated heterocycles. The Balaban J connectivity index is 0. The van der Waals surface area contributed by atoms with Crippen molar-refractivity contribution in [1.29, 1.82) is 0 Å². The molecule has 0 aliphatic carbocycles. The Labute approximate surface area is 70.6 Å². The van der Waals surface area contributed by atoms with Gasteiger partial charge in [-0.3, -0.25) is 0 Å². The highest BCUT2D eigenvalue weighted by atomic mass is 16.5. The monoisotopic (exact) mass is 162 g/mol. The van der Waals surface area contributed by atoms with E-state index < -0.39 is 0 Å². The van der Waals surface area contributed by atoms with E-state index in [2.05, 4.69) is 6.92 Å². The van der Waals surface area contributed by atoms with E-state index in [0.29, 0.717) is 6.10 Å². The van der Waals surface area contributed by atoms with E-state index in [0.717, 1.165) is 13.7 Å². The lowest BCUT2D eigenvalue weighted by molar-refractivity contribution is 0.0285. The summed E-state index contributed by atoms with van der Waals surface area (Å²) in [5, 5.41) is 7.00. The molecule has 0 aromatic rings.